The third kappa shape index (κ3) is 5.29. The Bertz CT molecular complexity index is 937. The van der Waals surface area contributed by atoms with Crippen LogP contribution in [0.4, 0.5) is 0 Å². The fraction of sp³-hybridized carbons (Fsp3) is 0.391. The van der Waals surface area contributed by atoms with Gasteiger partial charge in [0, 0.05) is 22.9 Å². The second-order valence-electron chi connectivity index (χ2n) is 7.69. The lowest BCUT2D eigenvalue weighted by Crippen LogP contribution is -2.40. The maximum absolute atomic E-state index is 12.5. The van der Waals surface area contributed by atoms with E-state index in [9.17, 15) is 4.79 Å². The van der Waals surface area contributed by atoms with E-state index in [0.717, 1.165) is 48.7 Å². The van der Waals surface area contributed by atoms with Crippen molar-refractivity contribution in [3.63, 3.8) is 0 Å². The van der Waals surface area contributed by atoms with Gasteiger partial charge in [0.2, 0.25) is 5.91 Å². The molecule has 0 aliphatic carbocycles. The van der Waals surface area contributed by atoms with Crippen LogP contribution in [0.5, 0.6) is 5.75 Å². The van der Waals surface area contributed by atoms with Crippen molar-refractivity contribution in [2.24, 2.45) is 11.8 Å². The molecule has 1 aliphatic rings. The van der Waals surface area contributed by atoms with Crippen molar-refractivity contribution in [1.82, 2.24) is 15.8 Å². The number of nitrogens with zero attached hydrogens (tertiary/aromatic N) is 1. The maximum Gasteiger partial charge on any atom is 0.220 e. The summed E-state index contributed by atoms with van der Waals surface area (Å²) in [7, 11) is 1.65. The summed E-state index contributed by atoms with van der Waals surface area (Å²) < 4.78 is 10.8. The van der Waals surface area contributed by atoms with Gasteiger partial charge in [-0.3, -0.25) is 4.79 Å². The zero-order valence-corrected chi connectivity index (χ0v) is 17.9. The van der Waals surface area contributed by atoms with Crippen molar-refractivity contribution in [1.29, 1.82) is 0 Å². The zero-order chi connectivity index (χ0) is 20.8. The first-order valence-electron chi connectivity index (χ1n) is 10.3. The summed E-state index contributed by atoms with van der Waals surface area (Å²) in [5, 5.41) is 12.8. The van der Waals surface area contributed by atoms with Crippen molar-refractivity contribution in [3.8, 4) is 17.1 Å². The molecule has 1 aromatic carbocycles. The highest BCUT2D eigenvalue weighted by Crippen LogP contribution is 2.28. The molecule has 2 N–H and O–H groups in total. The normalized spacial score (nSPS) is 18.8. The van der Waals surface area contributed by atoms with Crippen LogP contribution in [0.1, 0.15) is 23.4 Å². The lowest BCUT2D eigenvalue weighted by Gasteiger charge is -2.31. The molecule has 2 aromatic heterocycles. The Balaban J connectivity index is 1.35. The molecule has 0 saturated carbocycles. The lowest BCUT2D eigenvalue weighted by atomic mass is 9.81. The van der Waals surface area contributed by atoms with Crippen LogP contribution < -0.4 is 15.4 Å². The first kappa shape index (κ1) is 20.6. The molecule has 1 aliphatic heterocycles. The first-order chi connectivity index (χ1) is 14.7. The molecule has 2 atom stereocenters. The fourth-order valence-electron chi connectivity index (χ4n) is 3.96. The van der Waals surface area contributed by atoms with Crippen LogP contribution in [0, 0.1) is 11.8 Å². The number of rotatable bonds is 8. The van der Waals surface area contributed by atoms with E-state index in [-0.39, 0.29) is 5.91 Å². The molecule has 0 bridgehead atoms. The third-order valence-corrected chi connectivity index (χ3v) is 6.53. The molecule has 3 heterocycles. The van der Waals surface area contributed by atoms with Gasteiger partial charge in [-0.05, 0) is 73.5 Å². The number of piperidine rings is 1. The van der Waals surface area contributed by atoms with Crippen molar-refractivity contribution < 1.29 is 14.1 Å². The van der Waals surface area contributed by atoms with Gasteiger partial charge in [-0.15, -0.1) is 11.3 Å². The second kappa shape index (κ2) is 9.91. The van der Waals surface area contributed by atoms with Crippen LogP contribution in [0.3, 0.4) is 0 Å². The minimum atomic E-state index is 0.124. The van der Waals surface area contributed by atoms with E-state index >= 15 is 0 Å². The van der Waals surface area contributed by atoms with E-state index in [1.807, 2.05) is 47.8 Å². The van der Waals surface area contributed by atoms with E-state index in [1.165, 1.54) is 4.88 Å². The van der Waals surface area contributed by atoms with Crippen molar-refractivity contribution in [2.75, 3.05) is 20.2 Å². The average molecular weight is 426 g/mol. The van der Waals surface area contributed by atoms with Gasteiger partial charge in [0.15, 0.2) is 5.76 Å². The molecule has 1 fully saturated rings. The summed E-state index contributed by atoms with van der Waals surface area (Å²) in [6, 6.07) is 13.8. The van der Waals surface area contributed by atoms with Crippen molar-refractivity contribution >= 4 is 17.2 Å². The molecular weight excluding hydrogens is 398 g/mol. The number of nitrogens with one attached hydrogen (secondary N) is 2. The number of hydrogen-bond donors (Lipinski definition) is 2. The Hall–Kier alpha value is -2.64. The summed E-state index contributed by atoms with van der Waals surface area (Å²) in [5.74, 6) is 2.39. The highest BCUT2D eigenvalue weighted by molar-refractivity contribution is 7.09. The van der Waals surface area contributed by atoms with Crippen LogP contribution in [-0.4, -0.2) is 31.3 Å². The Kier molecular flexibility index (Phi) is 6.81. The first-order valence-corrected chi connectivity index (χ1v) is 11.2. The summed E-state index contributed by atoms with van der Waals surface area (Å²) in [4.78, 5) is 13.7. The number of carbonyl (C=O) groups excluding carboxylic acids is 1. The number of carbonyl (C=O) groups is 1. The predicted octanol–water partition coefficient (Wildman–Crippen LogP) is 3.89. The largest absolute Gasteiger partial charge is 0.497 e. The maximum atomic E-state index is 12.5. The topological polar surface area (TPSA) is 76.4 Å². The predicted molar refractivity (Wildman–Crippen MR) is 117 cm³/mol. The Labute approximate surface area is 180 Å². The van der Waals surface area contributed by atoms with Gasteiger partial charge in [-0.1, -0.05) is 11.2 Å². The van der Waals surface area contributed by atoms with E-state index < -0.39 is 0 Å². The third-order valence-electron chi connectivity index (χ3n) is 5.66. The summed E-state index contributed by atoms with van der Waals surface area (Å²) in [6.45, 7) is 2.46. The Morgan fingerprint density at radius 2 is 2.17 bits per heavy atom. The molecule has 3 aromatic rings. The van der Waals surface area contributed by atoms with Gasteiger partial charge in [0.25, 0.3) is 0 Å². The van der Waals surface area contributed by atoms with Gasteiger partial charge in [-0.25, -0.2) is 0 Å². The van der Waals surface area contributed by atoms with Crippen LogP contribution in [0.2, 0.25) is 0 Å². The van der Waals surface area contributed by atoms with Crippen molar-refractivity contribution in [3.05, 3.63) is 58.4 Å². The number of aromatic nitrogens is 1. The van der Waals surface area contributed by atoms with Gasteiger partial charge in [-0.2, -0.15) is 0 Å². The number of methoxy groups -OCH3 is 1. The monoisotopic (exact) mass is 425 g/mol. The van der Waals surface area contributed by atoms with Crippen LogP contribution in [0.25, 0.3) is 11.3 Å². The molecule has 0 radical (unpaired) electrons. The molecule has 4 rings (SSSR count). The Morgan fingerprint density at radius 3 is 2.93 bits per heavy atom. The molecule has 0 unspecified atom stereocenters. The van der Waals surface area contributed by atoms with E-state index in [1.54, 1.807) is 18.4 Å². The van der Waals surface area contributed by atoms with Crippen molar-refractivity contribution in [2.45, 2.75) is 25.8 Å². The van der Waals surface area contributed by atoms with Gasteiger partial charge in [0.05, 0.1) is 19.3 Å². The zero-order valence-electron chi connectivity index (χ0n) is 17.1. The van der Waals surface area contributed by atoms with Crippen LogP contribution in [0.15, 0.2) is 52.4 Å². The lowest BCUT2D eigenvalue weighted by molar-refractivity contribution is -0.122. The number of benzene rings is 1. The molecule has 0 spiro atoms. The Morgan fingerprint density at radius 1 is 1.30 bits per heavy atom. The molecule has 1 amide bonds. The van der Waals surface area contributed by atoms with E-state index in [2.05, 4.69) is 15.8 Å². The second-order valence-corrected chi connectivity index (χ2v) is 8.72. The van der Waals surface area contributed by atoms with Gasteiger partial charge in [0.1, 0.15) is 5.75 Å². The molecule has 7 heteroatoms. The molecule has 158 valence electrons. The molecule has 1 saturated heterocycles. The van der Waals surface area contributed by atoms with Crippen LogP contribution >= 0.6 is 11.3 Å². The highest BCUT2D eigenvalue weighted by atomic mass is 32.1. The summed E-state index contributed by atoms with van der Waals surface area (Å²) in [5.41, 5.74) is 1.90. The SMILES string of the molecule is COc1ccc(-c2cc(C[C@H]3CNCC[C@H]3CC(=O)NCc3cccs3)no2)cc1. The van der Waals surface area contributed by atoms with Crippen LogP contribution in [-0.2, 0) is 17.8 Å². The molecule has 6 nitrogen and oxygen atoms in total. The highest BCUT2D eigenvalue weighted by Gasteiger charge is 2.28. The standard InChI is InChI=1S/C23H27N3O3S/c1-28-20-6-4-16(5-7-20)22-13-19(26-29-22)11-18-14-24-9-8-17(18)12-23(27)25-15-21-3-2-10-30-21/h2-7,10,13,17-18,24H,8-9,11-12,14-15H2,1H3,(H,25,27)/t17-,18-/m0/s1. The van der Waals surface area contributed by atoms with E-state index in [0.29, 0.717) is 24.8 Å². The smallest absolute Gasteiger partial charge is 0.220 e. The fourth-order valence-corrected chi connectivity index (χ4v) is 4.61. The van der Waals surface area contributed by atoms with Gasteiger partial charge < -0.3 is 19.9 Å². The average Bonchev–Trinajstić information content (AvgIpc) is 3.46. The van der Waals surface area contributed by atoms with Gasteiger partial charge >= 0.3 is 0 Å². The number of thiophene rings is 1. The quantitative estimate of drug-likeness (QED) is 0.573. The number of amides is 1. The number of hydrogen-bond acceptors (Lipinski definition) is 6. The minimum Gasteiger partial charge on any atom is -0.497 e. The molecular formula is C23H27N3O3S. The number of ether oxygens (including phenoxy) is 1. The summed E-state index contributed by atoms with van der Waals surface area (Å²) >= 11 is 1.67. The minimum absolute atomic E-state index is 0.124. The molecule has 30 heavy (non-hydrogen) atoms. The van der Waals surface area contributed by atoms with E-state index in [4.69, 9.17) is 9.26 Å². The summed E-state index contributed by atoms with van der Waals surface area (Å²) in [6.07, 6.45) is 2.36.